The van der Waals surface area contributed by atoms with Crippen LogP contribution in [0.1, 0.15) is 40.1 Å². The summed E-state index contributed by atoms with van der Waals surface area (Å²) in [5.74, 6) is 0.969. The van der Waals surface area contributed by atoms with Crippen molar-refractivity contribution in [2.75, 3.05) is 13.1 Å². The van der Waals surface area contributed by atoms with Gasteiger partial charge in [0.15, 0.2) is 17.2 Å². The molecule has 0 bridgehead atoms. The molecule has 1 aromatic carbocycles. The number of carbonyl (C=O) groups excluding carboxylic acids is 2. The first-order valence-electron chi connectivity index (χ1n) is 10.2. The summed E-state index contributed by atoms with van der Waals surface area (Å²) >= 11 is 6.01. The number of aromatic nitrogens is 3. The van der Waals surface area contributed by atoms with Gasteiger partial charge in [0.1, 0.15) is 11.9 Å². The lowest BCUT2D eigenvalue weighted by Gasteiger charge is -2.38. The predicted octanol–water partition coefficient (Wildman–Crippen LogP) is 3.61. The van der Waals surface area contributed by atoms with Crippen molar-refractivity contribution in [3.63, 3.8) is 0 Å². The van der Waals surface area contributed by atoms with E-state index < -0.39 is 0 Å². The van der Waals surface area contributed by atoms with Crippen molar-refractivity contribution in [2.45, 2.75) is 25.4 Å². The minimum Gasteiger partial charge on any atom is -0.489 e. The number of ether oxygens (including phenoxy) is 1. The SMILES string of the molecule is Cn1cc(-c2cc(C(=O)N3CCC[C@H]([C@H]4CC(=O)c5cc(Cl)ccc5O4)C3)no2)cn1. The third-order valence-corrected chi connectivity index (χ3v) is 6.13. The Morgan fingerprint density at radius 1 is 1.29 bits per heavy atom. The predicted molar refractivity (Wildman–Crippen MR) is 112 cm³/mol. The van der Waals surface area contributed by atoms with Crippen LogP contribution in [0.5, 0.6) is 5.75 Å². The molecule has 31 heavy (non-hydrogen) atoms. The van der Waals surface area contributed by atoms with Crippen molar-refractivity contribution in [3.05, 3.63) is 52.9 Å². The molecule has 0 unspecified atom stereocenters. The molecule has 2 aliphatic heterocycles. The number of aryl methyl sites for hydroxylation is 1. The van der Waals surface area contributed by atoms with Gasteiger partial charge >= 0.3 is 0 Å². The molecule has 160 valence electrons. The van der Waals surface area contributed by atoms with Gasteiger partial charge in [-0.25, -0.2) is 0 Å². The molecule has 2 aromatic heterocycles. The van der Waals surface area contributed by atoms with Gasteiger partial charge in [0.2, 0.25) is 0 Å². The number of ketones is 1. The number of rotatable bonds is 3. The summed E-state index contributed by atoms with van der Waals surface area (Å²) in [7, 11) is 1.81. The van der Waals surface area contributed by atoms with E-state index in [4.69, 9.17) is 20.9 Å². The second-order valence-electron chi connectivity index (χ2n) is 8.06. The van der Waals surface area contributed by atoms with Crippen molar-refractivity contribution in [1.82, 2.24) is 19.8 Å². The number of carbonyl (C=O) groups is 2. The van der Waals surface area contributed by atoms with Crippen LogP contribution in [0, 0.1) is 5.92 Å². The van der Waals surface area contributed by atoms with Crippen LogP contribution >= 0.6 is 11.6 Å². The van der Waals surface area contributed by atoms with E-state index in [9.17, 15) is 9.59 Å². The van der Waals surface area contributed by atoms with E-state index in [0.717, 1.165) is 18.4 Å². The standard InChI is InChI=1S/C22H21ClN4O4/c1-26-11-14(10-24-26)21-8-17(25-31-21)22(29)27-6-2-3-13(12-27)20-9-18(28)16-7-15(23)4-5-19(16)30-20/h4-5,7-8,10-11,13,20H,2-3,6,9,12H2,1H3/t13-,20+/m0/s1. The quantitative estimate of drug-likeness (QED) is 0.618. The molecule has 3 aromatic rings. The van der Waals surface area contributed by atoms with Gasteiger partial charge in [0.05, 0.1) is 17.3 Å². The molecule has 0 N–H and O–H groups in total. The lowest BCUT2D eigenvalue weighted by molar-refractivity contribution is 0.0404. The van der Waals surface area contributed by atoms with Crippen LogP contribution in [0.4, 0.5) is 0 Å². The summed E-state index contributed by atoms with van der Waals surface area (Å²) in [5, 5.41) is 8.59. The molecule has 0 radical (unpaired) electrons. The van der Waals surface area contributed by atoms with E-state index in [2.05, 4.69) is 10.3 Å². The van der Waals surface area contributed by atoms with Crippen LogP contribution in [0.15, 0.2) is 41.2 Å². The number of likely N-dealkylation sites (tertiary alicyclic amines) is 1. The van der Waals surface area contributed by atoms with Crippen LogP contribution in [0.3, 0.4) is 0 Å². The number of hydrogen-bond acceptors (Lipinski definition) is 6. The van der Waals surface area contributed by atoms with Gasteiger partial charge in [0.25, 0.3) is 5.91 Å². The van der Waals surface area contributed by atoms with E-state index in [0.29, 0.717) is 35.2 Å². The van der Waals surface area contributed by atoms with Crippen molar-refractivity contribution in [1.29, 1.82) is 0 Å². The smallest absolute Gasteiger partial charge is 0.276 e. The van der Waals surface area contributed by atoms with Crippen LogP contribution in [-0.4, -0.2) is 50.7 Å². The average Bonchev–Trinajstić information content (AvgIpc) is 3.43. The van der Waals surface area contributed by atoms with Crippen molar-refractivity contribution in [3.8, 4) is 17.1 Å². The van der Waals surface area contributed by atoms with E-state index in [1.807, 2.05) is 7.05 Å². The second-order valence-corrected chi connectivity index (χ2v) is 8.49. The third kappa shape index (κ3) is 3.83. The fraction of sp³-hybridized carbons (Fsp3) is 0.364. The number of fused-ring (bicyclic) bond motifs is 1. The number of nitrogens with zero attached hydrogens (tertiary/aromatic N) is 4. The van der Waals surface area contributed by atoms with Gasteiger partial charge < -0.3 is 14.2 Å². The molecule has 0 spiro atoms. The molecule has 1 amide bonds. The summed E-state index contributed by atoms with van der Waals surface area (Å²) in [4.78, 5) is 27.4. The highest BCUT2D eigenvalue weighted by Crippen LogP contribution is 2.35. The van der Waals surface area contributed by atoms with Crippen LogP contribution in [0.25, 0.3) is 11.3 Å². The number of amides is 1. The maximum Gasteiger partial charge on any atom is 0.276 e. The lowest BCUT2D eigenvalue weighted by Crippen LogP contribution is -2.46. The van der Waals surface area contributed by atoms with Gasteiger partial charge in [-0.2, -0.15) is 5.10 Å². The number of Topliss-reactive ketones (excluding diaryl/α,β-unsaturated/α-hetero) is 1. The molecule has 2 atom stereocenters. The largest absolute Gasteiger partial charge is 0.489 e. The van der Waals surface area contributed by atoms with Gasteiger partial charge in [-0.05, 0) is 31.0 Å². The first kappa shape index (κ1) is 19.8. The molecule has 2 aliphatic rings. The highest BCUT2D eigenvalue weighted by Gasteiger charge is 2.36. The van der Waals surface area contributed by atoms with Crippen LogP contribution in [-0.2, 0) is 7.05 Å². The molecule has 0 saturated carbocycles. The average molecular weight is 441 g/mol. The van der Waals surface area contributed by atoms with Gasteiger partial charge in [-0.3, -0.25) is 14.3 Å². The highest BCUT2D eigenvalue weighted by atomic mass is 35.5. The zero-order chi connectivity index (χ0) is 21.5. The van der Waals surface area contributed by atoms with Gasteiger partial charge in [-0.15, -0.1) is 0 Å². The Morgan fingerprint density at radius 2 is 2.16 bits per heavy atom. The molecule has 5 rings (SSSR count). The Bertz CT molecular complexity index is 1150. The fourth-order valence-corrected chi connectivity index (χ4v) is 4.48. The Kier molecular flexibility index (Phi) is 5.02. The maximum atomic E-state index is 13.0. The van der Waals surface area contributed by atoms with Crippen LogP contribution < -0.4 is 4.74 Å². The van der Waals surface area contributed by atoms with Crippen molar-refractivity contribution >= 4 is 23.3 Å². The van der Waals surface area contributed by atoms with E-state index in [-0.39, 0.29) is 35.8 Å². The second kappa shape index (κ2) is 7.85. The number of hydrogen-bond donors (Lipinski definition) is 0. The van der Waals surface area contributed by atoms with Gasteiger partial charge in [-0.1, -0.05) is 16.8 Å². The molecule has 9 heteroatoms. The van der Waals surface area contributed by atoms with Gasteiger partial charge in [0, 0.05) is 49.8 Å². The molecule has 1 fully saturated rings. The normalized spacial score (nSPS) is 21.0. The minimum atomic E-state index is -0.264. The summed E-state index contributed by atoms with van der Waals surface area (Å²) in [6, 6.07) is 6.75. The molecule has 4 heterocycles. The Labute approximate surface area is 183 Å². The molecule has 8 nitrogen and oxygen atoms in total. The fourth-order valence-electron chi connectivity index (χ4n) is 4.30. The first-order valence-corrected chi connectivity index (χ1v) is 10.6. The van der Waals surface area contributed by atoms with Crippen molar-refractivity contribution in [2.24, 2.45) is 13.0 Å². The third-order valence-electron chi connectivity index (χ3n) is 5.90. The van der Waals surface area contributed by atoms with Crippen molar-refractivity contribution < 1.29 is 18.8 Å². The van der Waals surface area contributed by atoms with E-state index in [1.165, 1.54) is 0 Å². The summed E-state index contributed by atoms with van der Waals surface area (Å²) in [6.07, 6.45) is 5.22. The molecular formula is C22H21ClN4O4. The topological polar surface area (TPSA) is 90.5 Å². The monoisotopic (exact) mass is 440 g/mol. The zero-order valence-corrected chi connectivity index (χ0v) is 17.7. The zero-order valence-electron chi connectivity index (χ0n) is 17.0. The van der Waals surface area contributed by atoms with Crippen LogP contribution in [0.2, 0.25) is 5.02 Å². The summed E-state index contributed by atoms with van der Waals surface area (Å²) in [6.45, 7) is 1.14. The number of halogens is 1. The molecule has 1 saturated heterocycles. The number of benzene rings is 1. The minimum absolute atomic E-state index is 0.0230. The van der Waals surface area contributed by atoms with E-state index in [1.54, 1.807) is 46.2 Å². The number of piperidine rings is 1. The summed E-state index contributed by atoms with van der Waals surface area (Å²) in [5.41, 5.74) is 1.55. The lowest BCUT2D eigenvalue weighted by atomic mass is 9.87. The first-order chi connectivity index (χ1) is 15.0. The maximum absolute atomic E-state index is 13.0. The highest BCUT2D eigenvalue weighted by molar-refractivity contribution is 6.31. The molecular weight excluding hydrogens is 420 g/mol. The molecule has 0 aliphatic carbocycles. The summed E-state index contributed by atoms with van der Waals surface area (Å²) < 4.78 is 13.1. The van der Waals surface area contributed by atoms with E-state index >= 15 is 0 Å². The Hall–Kier alpha value is -3.13. The Morgan fingerprint density at radius 3 is 2.97 bits per heavy atom. The Balaban J connectivity index is 1.29.